The third-order valence-electron chi connectivity index (χ3n) is 1.56. The molecule has 0 aromatic heterocycles. The van der Waals surface area contributed by atoms with Crippen LogP contribution in [0.15, 0.2) is 18.2 Å². The minimum Gasteiger partial charge on any atom is -0.388 e. The van der Waals surface area contributed by atoms with Gasteiger partial charge in [0, 0.05) is 12.7 Å². The number of hydrogen-bond acceptors (Lipinski definition) is 1. The first-order valence-corrected chi connectivity index (χ1v) is 3.85. The molecule has 0 fully saturated rings. The van der Waals surface area contributed by atoms with Crippen molar-refractivity contribution in [3.8, 4) is 0 Å². The quantitative estimate of drug-likeness (QED) is 0.603. The van der Waals surface area contributed by atoms with Crippen LogP contribution in [0.4, 0.5) is 5.69 Å². The monoisotopic (exact) mass is 153 g/mol. The first-order chi connectivity index (χ1) is 4.74. The molecule has 0 amide bonds. The van der Waals surface area contributed by atoms with E-state index in [2.05, 4.69) is 39.7 Å². The van der Waals surface area contributed by atoms with Gasteiger partial charge in [-0.2, -0.15) is 0 Å². The Kier molecular flexibility index (Phi) is 2.29. The van der Waals surface area contributed by atoms with E-state index < -0.39 is 0 Å². The zero-order valence-corrected chi connectivity index (χ0v) is 7.46. The lowest BCUT2D eigenvalue weighted by Crippen LogP contribution is -1.97. The van der Waals surface area contributed by atoms with Gasteiger partial charge in [-0.15, -0.1) is 9.24 Å². The third kappa shape index (κ3) is 1.48. The zero-order valence-electron chi connectivity index (χ0n) is 6.31. The summed E-state index contributed by atoms with van der Waals surface area (Å²) in [5.41, 5.74) is 2.47. The molecule has 0 saturated heterocycles. The van der Waals surface area contributed by atoms with Crippen LogP contribution < -0.4 is 10.6 Å². The van der Waals surface area contributed by atoms with Gasteiger partial charge in [-0.05, 0) is 29.9 Å². The minimum atomic E-state index is 1.17. The third-order valence-corrected chi connectivity index (χ3v) is 2.21. The van der Waals surface area contributed by atoms with Crippen LogP contribution in [0.25, 0.3) is 0 Å². The topological polar surface area (TPSA) is 12.0 Å². The summed E-state index contributed by atoms with van der Waals surface area (Å²) in [4.78, 5) is 0. The summed E-state index contributed by atoms with van der Waals surface area (Å²) < 4.78 is 0. The Morgan fingerprint density at radius 2 is 2.10 bits per heavy atom. The standard InChI is InChI=1S/C8H12NP/c1-6-5-7(9-2)3-4-8(6)10/h3-5,9H,10H2,1-2H3. The Hall–Kier alpha value is -0.550. The van der Waals surface area contributed by atoms with Crippen LogP contribution in [0.1, 0.15) is 5.56 Å². The predicted octanol–water partition coefficient (Wildman–Crippen LogP) is 1.54. The summed E-state index contributed by atoms with van der Waals surface area (Å²) in [7, 11) is 4.63. The van der Waals surface area contributed by atoms with Crippen LogP contribution in [0.2, 0.25) is 0 Å². The maximum absolute atomic E-state index is 3.09. The lowest BCUT2D eigenvalue weighted by molar-refractivity contribution is 1.46. The fourth-order valence-electron chi connectivity index (χ4n) is 0.831. The number of rotatable bonds is 1. The van der Waals surface area contributed by atoms with Crippen LogP contribution in [-0.4, -0.2) is 7.05 Å². The average molecular weight is 153 g/mol. The molecule has 54 valence electrons. The summed E-state index contributed by atoms with van der Waals surface area (Å²) in [6.45, 7) is 2.10. The molecule has 0 aliphatic rings. The predicted molar refractivity (Wildman–Crippen MR) is 50.1 cm³/mol. The van der Waals surface area contributed by atoms with E-state index >= 15 is 0 Å². The molecule has 0 bridgehead atoms. The number of nitrogens with one attached hydrogen (secondary N) is 1. The molecule has 0 saturated carbocycles. The average Bonchev–Trinajstić information content (AvgIpc) is 1.95. The van der Waals surface area contributed by atoms with Gasteiger partial charge in [-0.3, -0.25) is 0 Å². The van der Waals surface area contributed by atoms with Crippen molar-refractivity contribution in [3.63, 3.8) is 0 Å². The number of benzene rings is 1. The molecular weight excluding hydrogens is 141 g/mol. The van der Waals surface area contributed by atoms with E-state index in [1.54, 1.807) is 0 Å². The molecule has 0 heterocycles. The first-order valence-electron chi connectivity index (χ1n) is 3.28. The van der Waals surface area contributed by atoms with Gasteiger partial charge in [0.05, 0.1) is 0 Å². The molecule has 1 aromatic carbocycles. The molecule has 0 aliphatic carbocycles. The van der Waals surface area contributed by atoms with Gasteiger partial charge in [0.2, 0.25) is 0 Å². The van der Waals surface area contributed by atoms with Gasteiger partial charge in [0.1, 0.15) is 0 Å². The highest BCUT2D eigenvalue weighted by molar-refractivity contribution is 7.27. The summed E-state index contributed by atoms with van der Waals surface area (Å²) >= 11 is 0. The summed E-state index contributed by atoms with van der Waals surface area (Å²) in [6.07, 6.45) is 0. The van der Waals surface area contributed by atoms with E-state index in [1.165, 1.54) is 16.6 Å². The molecule has 10 heavy (non-hydrogen) atoms. The maximum Gasteiger partial charge on any atom is 0.0340 e. The van der Waals surface area contributed by atoms with Crippen LogP contribution in [0.3, 0.4) is 0 Å². The fourth-order valence-corrected chi connectivity index (χ4v) is 1.01. The van der Waals surface area contributed by atoms with Crippen molar-refractivity contribution in [1.82, 2.24) is 0 Å². The van der Waals surface area contributed by atoms with Crippen LogP contribution in [0.5, 0.6) is 0 Å². The molecule has 1 aromatic rings. The number of hydrogen-bond donors (Lipinski definition) is 1. The van der Waals surface area contributed by atoms with Crippen LogP contribution >= 0.6 is 9.24 Å². The summed E-state index contributed by atoms with van der Waals surface area (Å²) in [6, 6.07) is 6.28. The lowest BCUT2D eigenvalue weighted by atomic mass is 10.2. The molecule has 1 atom stereocenters. The maximum atomic E-state index is 3.09. The van der Waals surface area contributed by atoms with Crippen molar-refractivity contribution in [1.29, 1.82) is 0 Å². The molecular formula is C8H12NP. The van der Waals surface area contributed by atoms with Crippen molar-refractivity contribution in [2.45, 2.75) is 6.92 Å². The SMILES string of the molecule is CNc1ccc(P)c(C)c1. The van der Waals surface area contributed by atoms with Gasteiger partial charge in [0.25, 0.3) is 0 Å². The van der Waals surface area contributed by atoms with Crippen molar-refractivity contribution in [2.75, 3.05) is 12.4 Å². The van der Waals surface area contributed by atoms with E-state index in [1.807, 2.05) is 7.05 Å². The Labute approximate surface area is 64.0 Å². The molecule has 1 unspecified atom stereocenters. The van der Waals surface area contributed by atoms with Crippen LogP contribution in [-0.2, 0) is 0 Å². The van der Waals surface area contributed by atoms with E-state index in [-0.39, 0.29) is 0 Å². The first kappa shape index (κ1) is 7.56. The van der Waals surface area contributed by atoms with Crippen molar-refractivity contribution < 1.29 is 0 Å². The van der Waals surface area contributed by atoms with Crippen molar-refractivity contribution in [2.24, 2.45) is 0 Å². The number of aryl methyl sites for hydroxylation is 1. The van der Waals surface area contributed by atoms with Gasteiger partial charge in [-0.1, -0.05) is 6.07 Å². The van der Waals surface area contributed by atoms with Gasteiger partial charge in [0.15, 0.2) is 0 Å². The highest BCUT2D eigenvalue weighted by Crippen LogP contribution is 2.08. The molecule has 1 rings (SSSR count). The molecule has 0 spiro atoms. The van der Waals surface area contributed by atoms with E-state index in [4.69, 9.17) is 0 Å². The molecule has 0 aliphatic heterocycles. The van der Waals surface area contributed by atoms with Crippen LogP contribution in [0, 0.1) is 6.92 Å². The Morgan fingerprint density at radius 1 is 1.40 bits per heavy atom. The summed E-state index contributed by atoms with van der Waals surface area (Å²) in [5.74, 6) is 0. The van der Waals surface area contributed by atoms with Gasteiger partial charge < -0.3 is 5.32 Å². The van der Waals surface area contributed by atoms with Gasteiger partial charge >= 0.3 is 0 Å². The summed E-state index contributed by atoms with van der Waals surface area (Å²) in [5, 5.41) is 4.35. The largest absolute Gasteiger partial charge is 0.388 e. The molecule has 1 N–H and O–H groups in total. The molecule has 1 nitrogen and oxygen atoms in total. The highest BCUT2D eigenvalue weighted by Gasteiger charge is 1.91. The lowest BCUT2D eigenvalue weighted by Gasteiger charge is -2.02. The number of anilines is 1. The fraction of sp³-hybridized carbons (Fsp3) is 0.250. The Morgan fingerprint density at radius 3 is 2.60 bits per heavy atom. The molecule has 0 radical (unpaired) electrons. The smallest absolute Gasteiger partial charge is 0.0340 e. The Bertz CT molecular complexity index is 233. The second-order valence-electron chi connectivity index (χ2n) is 2.32. The van der Waals surface area contributed by atoms with E-state index in [9.17, 15) is 0 Å². The van der Waals surface area contributed by atoms with Crippen molar-refractivity contribution in [3.05, 3.63) is 23.8 Å². The van der Waals surface area contributed by atoms with E-state index in [0.29, 0.717) is 0 Å². The van der Waals surface area contributed by atoms with Crippen molar-refractivity contribution >= 4 is 20.2 Å². The Balaban J connectivity index is 3.04. The highest BCUT2D eigenvalue weighted by atomic mass is 31.0. The second-order valence-corrected chi connectivity index (χ2v) is 2.94. The zero-order chi connectivity index (χ0) is 7.56. The van der Waals surface area contributed by atoms with E-state index in [0.717, 1.165) is 0 Å². The second kappa shape index (κ2) is 3.03. The molecule has 2 heteroatoms. The van der Waals surface area contributed by atoms with Gasteiger partial charge in [-0.25, -0.2) is 0 Å². The minimum absolute atomic E-state index is 1.17. The normalized spacial score (nSPS) is 9.50.